The number of hydrogen-bond acceptors (Lipinski definition) is 5. The van der Waals surface area contributed by atoms with Gasteiger partial charge in [-0.1, -0.05) is 34.1 Å². The van der Waals surface area contributed by atoms with E-state index in [0.29, 0.717) is 29.4 Å². The van der Waals surface area contributed by atoms with Gasteiger partial charge in [0.2, 0.25) is 5.95 Å². The Morgan fingerprint density at radius 1 is 1.35 bits per heavy atom. The van der Waals surface area contributed by atoms with E-state index in [2.05, 4.69) is 31.2 Å². The topological polar surface area (TPSA) is 81.0 Å². The smallest absolute Gasteiger partial charge is 0.316 e. The summed E-state index contributed by atoms with van der Waals surface area (Å²) in [7, 11) is 0. The van der Waals surface area contributed by atoms with Crippen molar-refractivity contribution in [1.82, 2.24) is 9.97 Å². The zero-order chi connectivity index (χ0) is 14.7. The standard InChI is InChI=1S/C13H13BrN4O2/c1-3-15-13-16-8(2)12(18(19)20)11(17-13)9-6-4-5-7-10(9)14/h4-7H,3H2,1-2H3,(H,15,16,17). The zero-order valence-electron chi connectivity index (χ0n) is 11.1. The molecule has 0 amide bonds. The van der Waals surface area contributed by atoms with Gasteiger partial charge in [-0.05, 0) is 19.9 Å². The van der Waals surface area contributed by atoms with Crippen LogP contribution in [0.3, 0.4) is 0 Å². The van der Waals surface area contributed by atoms with Gasteiger partial charge in [0.05, 0.1) is 4.92 Å². The fourth-order valence-corrected chi connectivity index (χ4v) is 2.34. The van der Waals surface area contributed by atoms with Gasteiger partial charge in [0.1, 0.15) is 5.69 Å². The molecule has 0 saturated heterocycles. The highest BCUT2D eigenvalue weighted by atomic mass is 79.9. The number of nitrogens with zero attached hydrogens (tertiary/aromatic N) is 3. The maximum atomic E-state index is 11.3. The molecule has 20 heavy (non-hydrogen) atoms. The van der Waals surface area contributed by atoms with Crippen molar-refractivity contribution in [2.75, 3.05) is 11.9 Å². The molecule has 1 aromatic carbocycles. The molecular weight excluding hydrogens is 324 g/mol. The predicted molar refractivity (Wildman–Crippen MR) is 80.7 cm³/mol. The normalized spacial score (nSPS) is 10.3. The summed E-state index contributed by atoms with van der Waals surface area (Å²) in [6.07, 6.45) is 0. The van der Waals surface area contributed by atoms with Gasteiger partial charge in [0, 0.05) is 16.6 Å². The molecule has 0 atom stereocenters. The maximum Gasteiger partial charge on any atom is 0.316 e. The molecule has 0 bridgehead atoms. The Morgan fingerprint density at radius 2 is 2.05 bits per heavy atom. The van der Waals surface area contributed by atoms with Crippen molar-refractivity contribution in [1.29, 1.82) is 0 Å². The molecular formula is C13H13BrN4O2. The quantitative estimate of drug-likeness (QED) is 0.681. The van der Waals surface area contributed by atoms with Gasteiger partial charge in [-0.15, -0.1) is 0 Å². The Bertz CT molecular complexity index is 661. The van der Waals surface area contributed by atoms with Crippen LogP contribution in [0.15, 0.2) is 28.7 Å². The first-order valence-corrected chi connectivity index (χ1v) is 6.85. The lowest BCUT2D eigenvalue weighted by molar-refractivity contribution is -0.385. The molecule has 0 saturated carbocycles. The molecule has 2 rings (SSSR count). The van der Waals surface area contributed by atoms with E-state index in [9.17, 15) is 10.1 Å². The Labute approximate surface area is 124 Å². The van der Waals surface area contributed by atoms with Crippen LogP contribution < -0.4 is 5.32 Å². The van der Waals surface area contributed by atoms with Crippen LogP contribution in [0.25, 0.3) is 11.3 Å². The molecule has 1 aromatic heterocycles. The van der Waals surface area contributed by atoms with E-state index in [1.54, 1.807) is 13.0 Å². The van der Waals surface area contributed by atoms with Crippen molar-refractivity contribution >= 4 is 27.6 Å². The van der Waals surface area contributed by atoms with Crippen molar-refractivity contribution in [2.45, 2.75) is 13.8 Å². The monoisotopic (exact) mass is 336 g/mol. The van der Waals surface area contributed by atoms with Crippen LogP contribution in [-0.4, -0.2) is 21.4 Å². The SMILES string of the molecule is CCNc1nc(C)c([N+](=O)[O-])c(-c2ccccc2Br)n1. The van der Waals surface area contributed by atoms with Gasteiger partial charge in [-0.25, -0.2) is 9.97 Å². The highest BCUT2D eigenvalue weighted by Crippen LogP contribution is 2.35. The highest BCUT2D eigenvalue weighted by molar-refractivity contribution is 9.10. The van der Waals surface area contributed by atoms with Crippen molar-refractivity contribution in [3.63, 3.8) is 0 Å². The summed E-state index contributed by atoms with van der Waals surface area (Å²) < 4.78 is 0.753. The van der Waals surface area contributed by atoms with E-state index in [1.807, 2.05) is 25.1 Å². The molecule has 1 N–H and O–H groups in total. The number of nitro groups is 1. The Balaban J connectivity index is 2.71. The van der Waals surface area contributed by atoms with Crippen molar-refractivity contribution in [3.05, 3.63) is 44.5 Å². The molecule has 1 heterocycles. The van der Waals surface area contributed by atoms with E-state index in [4.69, 9.17) is 0 Å². The molecule has 2 aromatic rings. The van der Waals surface area contributed by atoms with Crippen LogP contribution in [0.4, 0.5) is 11.6 Å². The number of nitrogens with one attached hydrogen (secondary N) is 1. The van der Waals surface area contributed by atoms with Crippen LogP contribution >= 0.6 is 15.9 Å². The second kappa shape index (κ2) is 5.96. The Hall–Kier alpha value is -2.02. The summed E-state index contributed by atoms with van der Waals surface area (Å²) in [5.41, 5.74) is 1.25. The molecule has 0 spiro atoms. The number of halogens is 1. The Kier molecular flexibility index (Phi) is 4.29. The van der Waals surface area contributed by atoms with Gasteiger partial charge in [-0.3, -0.25) is 10.1 Å². The van der Waals surface area contributed by atoms with E-state index >= 15 is 0 Å². The number of hydrogen-bond donors (Lipinski definition) is 1. The van der Waals surface area contributed by atoms with Gasteiger partial charge < -0.3 is 5.32 Å². The summed E-state index contributed by atoms with van der Waals surface area (Å²) in [6, 6.07) is 7.27. The largest absolute Gasteiger partial charge is 0.354 e. The minimum Gasteiger partial charge on any atom is -0.354 e. The molecule has 0 fully saturated rings. The van der Waals surface area contributed by atoms with Gasteiger partial charge in [0.15, 0.2) is 5.69 Å². The number of rotatable bonds is 4. The fourth-order valence-electron chi connectivity index (χ4n) is 1.86. The maximum absolute atomic E-state index is 11.3. The molecule has 0 aliphatic heterocycles. The first-order chi connectivity index (χ1) is 9.54. The zero-order valence-corrected chi connectivity index (χ0v) is 12.6. The van der Waals surface area contributed by atoms with E-state index in [-0.39, 0.29) is 5.69 Å². The molecule has 0 aliphatic carbocycles. The molecule has 7 heteroatoms. The van der Waals surface area contributed by atoms with Crippen LogP contribution in [0.2, 0.25) is 0 Å². The van der Waals surface area contributed by atoms with Crippen LogP contribution in [0.5, 0.6) is 0 Å². The Morgan fingerprint density at radius 3 is 2.65 bits per heavy atom. The lowest BCUT2D eigenvalue weighted by Crippen LogP contribution is -2.07. The van der Waals surface area contributed by atoms with Gasteiger partial charge >= 0.3 is 5.69 Å². The molecule has 0 aliphatic rings. The van der Waals surface area contributed by atoms with Crippen LogP contribution in [0.1, 0.15) is 12.6 Å². The van der Waals surface area contributed by atoms with Crippen LogP contribution in [0, 0.1) is 17.0 Å². The lowest BCUT2D eigenvalue weighted by atomic mass is 10.1. The molecule has 0 radical (unpaired) electrons. The highest BCUT2D eigenvalue weighted by Gasteiger charge is 2.24. The first-order valence-electron chi connectivity index (χ1n) is 6.06. The number of aryl methyl sites for hydroxylation is 1. The number of anilines is 1. The van der Waals surface area contributed by atoms with Gasteiger partial charge in [-0.2, -0.15) is 0 Å². The average molecular weight is 337 g/mol. The van der Waals surface area contributed by atoms with Crippen molar-refractivity contribution < 1.29 is 4.92 Å². The van der Waals surface area contributed by atoms with Crippen LogP contribution in [-0.2, 0) is 0 Å². The second-order valence-corrected chi connectivity index (χ2v) is 4.95. The summed E-state index contributed by atoms with van der Waals surface area (Å²) in [6.45, 7) is 4.17. The molecule has 6 nitrogen and oxygen atoms in total. The first kappa shape index (κ1) is 14.4. The lowest BCUT2D eigenvalue weighted by Gasteiger charge is -2.09. The van der Waals surface area contributed by atoms with Crippen molar-refractivity contribution in [2.24, 2.45) is 0 Å². The van der Waals surface area contributed by atoms with Gasteiger partial charge in [0.25, 0.3) is 0 Å². The molecule has 0 unspecified atom stereocenters. The van der Waals surface area contributed by atoms with E-state index in [1.165, 1.54) is 0 Å². The summed E-state index contributed by atoms with van der Waals surface area (Å²) in [4.78, 5) is 19.2. The van der Waals surface area contributed by atoms with E-state index in [0.717, 1.165) is 4.47 Å². The van der Waals surface area contributed by atoms with Crippen molar-refractivity contribution in [3.8, 4) is 11.3 Å². The summed E-state index contributed by atoms with van der Waals surface area (Å²) in [5, 5.41) is 14.3. The second-order valence-electron chi connectivity index (χ2n) is 4.10. The predicted octanol–water partition coefficient (Wildman–Crippen LogP) is 3.55. The average Bonchev–Trinajstić information content (AvgIpc) is 2.38. The minimum atomic E-state index is -0.445. The fraction of sp³-hybridized carbons (Fsp3) is 0.231. The minimum absolute atomic E-state index is 0.0708. The number of aromatic nitrogens is 2. The third-order valence-electron chi connectivity index (χ3n) is 2.70. The summed E-state index contributed by atoms with van der Waals surface area (Å²) >= 11 is 3.40. The molecule has 104 valence electrons. The third kappa shape index (κ3) is 2.77. The third-order valence-corrected chi connectivity index (χ3v) is 3.40. The number of benzene rings is 1. The van der Waals surface area contributed by atoms with E-state index < -0.39 is 4.92 Å². The summed E-state index contributed by atoms with van der Waals surface area (Å²) in [5.74, 6) is 0.390.